The third-order valence-corrected chi connectivity index (χ3v) is 5.29. The van der Waals surface area contributed by atoms with Crippen LogP contribution in [0.15, 0.2) is 42.5 Å². The highest BCUT2D eigenvalue weighted by Crippen LogP contribution is 2.36. The second-order valence-corrected chi connectivity index (χ2v) is 6.67. The van der Waals surface area contributed by atoms with Crippen molar-refractivity contribution in [2.45, 2.75) is 18.5 Å². The van der Waals surface area contributed by atoms with Gasteiger partial charge in [0.15, 0.2) is 12.1 Å². The van der Waals surface area contributed by atoms with Gasteiger partial charge in [-0.3, -0.25) is 0 Å². The number of H-pyrrole nitrogens is 1. The molecule has 0 aliphatic carbocycles. The van der Waals surface area contributed by atoms with Gasteiger partial charge < -0.3 is 24.5 Å². The number of aromatic nitrogens is 1. The highest BCUT2D eigenvalue weighted by molar-refractivity contribution is 5.86. The van der Waals surface area contributed by atoms with Gasteiger partial charge in [-0.05, 0) is 23.8 Å². The molecule has 0 saturated heterocycles. The van der Waals surface area contributed by atoms with Crippen molar-refractivity contribution in [3.05, 3.63) is 59.3 Å². The number of hydrogen-bond donors (Lipinski definition) is 2. The molecule has 2 unspecified atom stereocenters. The van der Waals surface area contributed by atoms with E-state index in [4.69, 9.17) is 14.2 Å². The average molecular weight is 367 g/mol. The molecule has 3 aromatic rings. The lowest BCUT2D eigenvalue weighted by Gasteiger charge is -2.27. The first-order valence-electron chi connectivity index (χ1n) is 8.90. The van der Waals surface area contributed by atoms with Gasteiger partial charge in [0.1, 0.15) is 11.5 Å². The number of quaternary nitrogens is 1. The van der Waals surface area contributed by atoms with E-state index in [9.17, 15) is 4.79 Å². The first-order chi connectivity index (χ1) is 13.2. The zero-order chi connectivity index (χ0) is 19.0. The van der Waals surface area contributed by atoms with Crippen molar-refractivity contribution in [3.8, 4) is 11.5 Å². The zero-order valence-corrected chi connectivity index (χ0v) is 15.6. The molecule has 27 heavy (non-hydrogen) atoms. The number of carbonyl (C=O) groups excluding carboxylic acids is 1. The number of ether oxygens (including phenoxy) is 3. The van der Waals surface area contributed by atoms with Crippen LogP contribution in [0.5, 0.6) is 11.5 Å². The number of fused-ring (bicyclic) bond motifs is 3. The molecule has 140 valence electrons. The SMILES string of the molecule is COC(=O)C1Cc2c([nH]c3ccccc23)C(c2ccc(OC)cc2OC)[NH2+]1. The lowest BCUT2D eigenvalue weighted by atomic mass is 9.90. The maximum Gasteiger partial charge on any atom is 0.364 e. The van der Waals surface area contributed by atoms with Crippen molar-refractivity contribution in [1.29, 1.82) is 0 Å². The third kappa shape index (κ3) is 2.92. The number of esters is 1. The molecule has 1 aliphatic rings. The molecule has 0 radical (unpaired) electrons. The molecule has 2 atom stereocenters. The summed E-state index contributed by atoms with van der Waals surface area (Å²) in [7, 11) is 4.71. The van der Waals surface area contributed by atoms with Crippen LogP contribution in [-0.2, 0) is 16.0 Å². The summed E-state index contributed by atoms with van der Waals surface area (Å²) in [4.78, 5) is 15.9. The summed E-state index contributed by atoms with van der Waals surface area (Å²) in [6.07, 6.45) is 0.626. The minimum atomic E-state index is -0.307. The topological polar surface area (TPSA) is 77.2 Å². The Morgan fingerprint density at radius 1 is 1.11 bits per heavy atom. The van der Waals surface area contributed by atoms with Gasteiger partial charge in [0.25, 0.3) is 0 Å². The zero-order valence-electron chi connectivity index (χ0n) is 15.6. The second-order valence-electron chi connectivity index (χ2n) is 6.67. The van der Waals surface area contributed by atoms with Gasteiger partial charge in [0.05, 0.1) is 32.6 Å². The van der Waals surface area contributed by atoms with Crippen molar-refractivity contribution < 1.29 is 24.3 Å². The molecule has 3 N–H and O–H groups in total. The summed E-state index contributed by atoms with van der Waals surface area (Å²) in [5, 5.41) is 3.19. The molecule has 0 amide bonds. The summed E-state index contributed by atoms with van der Waals surface area (Å²) in [5.41, 5.74) is 4.31. The molecule has 0 saturated carbocycles. The van der Waals surface area contributed by atoms with Crippen molar-refractivity contribution in [3.63, 3.8) is 0 Å². The van der Waals surface area contributed by atoms with E-state index in [1.54, 1.807) is 14.2 Å². The Bertz CT molecular complexity index is 995. The van der Waals surface area contributed by atoms with Crippen LogP contribution in [0.3, 0.4) is 0 Å². The normalized spacial score (nSPS) is 18.8. The number of carbonyl (C=O) groups is 1. The highest BCUT2D eigenvalue weighted by Gasteiger charge is 2.39. The first kappa shape index (κ1) is 17.4. The van der Waals surface area contributed by atoms with E-state index in [1.807, 2.05) is 35.6 Å². The van der Waals surface area contributed by atoms with E-state index in [-0.39, 0.29) is 18.1 Å². The van der Waals surface area contributed by atoms with Crippen molar-refractivity contribution in [1.82, 2.24) is 4.98 Å². The van der Waals surface area contributed by atoms with Gasteiger partial charge in [-0.15, -0.1) is 0 Å². The maximum atomic E-state index is 12.4. The molecule has 0 fully saturated rings. The Morgan fingerprint density at radius 2 is 1.93 bits per heavy atom. The monoisotopic (exact) mass is 367 g/mol. The molecule has 1 aromatic heterocycles. The fourth-order valence-electron chi connectivity index (χ4n) is 3.97. The van der Waals surface area contributed by atoms with Crippen molar-refractivity contribution in [2.24, 2.45) is 0 Å². The molecule has 1 aliphatic heterocycles. The van der Waals surface area contributed by atoms with Crippen LogP contribution in [0.2, 0.25) is 0 Å². The lowest BCUT2D eigenvalue weighted by molar-refractivity contribution is -0.712. The standard InChI is InChI=1S/C21H22N2O4/c1-25-12-8-9-14(18(10-12)26-2)19-20-15(11-17(23-19)21(24)27-3)13-6-4-5-7-16(13)22-20/h4-10,17,19,22-23H,11H2,1-3H3/p+1. The molecule has 2 aromatic carbocycles. The van der Waals surface area contributed by atoms with Gasteiger partial charge in [0, 0.05) is 23.4 Å². The number of para-hydroxylation sites is 1. The number of aromatic amines is 1. The Hall–Kier alpha value is -2.99. The van der Waals surface area contributed by atoms with E-state index in [2.05, 4.69) is 17.1 Å². The smallest absolute Gasteiger partial charge is 0.364 e. The highest BCUT2D eigenvalue weighted by atomic mass is 16.5. The van der Waals surface area contributed by atoms with E-state index in [0.717, 1.165) is 39.2 Å². The summed E-state index contributed by atoms with van der Waals surface area (Å²) in [6.45, 7) is 0. The van der Waals surface area contributed by atoms with Crippen LogP contribution in [-0.4, -0.2) is 38.3 Å². The van der Waals surface area contributed by atoms with Gasteiger partial charge in [-0.1, -0.05) is 18.2 Å². The van der Waals surface area contributed by atoms with Crippen molar-refractivity contribution in [2.75, 3.05) is 21.3 Å². The van der Waals surface area contributed by atoms with E-state index >= 15 is 0 Å². The summed E-state index contributed by atoms with van der Waals surface area (Å²) < 4.78 is 16.0. The van der Waals surface area contributed by atoms with E-state index in [0.29, 0.717) is 6.42 Å². The Kier molecular flexibility index (Phi) is 4.49. The minimum absolute atomic E-state index is 0.105. The summed E-state index contributed by atoms with van der Waals surface area (Å²) in [6, 6.07) is 13.5. The van der Waals surface area contributed by atoms with Gasteiger partial charge in [-0.2, -0.15) is 0 Å². The number of benzene rings is 2. The number of nitrogens with two attached hydrogens (primary N) is 1. The molecule has 0 spiro atoms. The molecular formula is C21H23N2O4+. The van der Waals surface area contributed by atoms with Crippen LogP contribution in [0.1, 0.15) is 22.9 Å². The fourth-order valence-corrected chi connectivity index (χ4v) is 3.97. The average Bonchev–Trinajstić information content (AvgIpc) is 3.10. The van der Waals surface area contributed by atoms with Crippen LogP contribution in [0.25, 0.3) is 10.9 Å². The number of rotatable bonds is 4. The Morgan fingerprint density at radius 3 is 2.67 bits per heavy atom. The second kappa shape index (κ2) is 6.96. The van der Waals surface area contributed by atoms with Gasteiger partial charge >= 0.3 is 5.97 Å². The largest absolute Gasteiger partial charge is 0.497 e. The van der Waals surface area contributed by atoms with Crippen LogP contribution in [0.4, 0.5) is 0 Å². The van der Waals surface area contributed by atoms with Crippen LogP contribution in [0, 0.1) is 0 Å². The molecule has 2 heterocycles. The Labute approximate surface area is 157 Å². The predicted octanol–water partition coefficient (Wildman–Crippen LogP) is 1.94. The number of nitrogens with one attached hydrogen (secondary N) is 1. The lowest BCUT2D eigenvalue weighted by Crippen LogP contribution is -2.94. The molecule has 6 heteroatoms. The minimum Gasteiger partial charge on any atom is -0.497 e. The third-order valence-electron chi connectivity index (χ3n) is 5.29. The van der Waals surface area contributed by atoms with E-state index < -0.39 is 0 Å². The molecule has 0 bridgehead atoms. The first-order valence-corrected chi connectivity index (χ1v) is 8.90. The van der Waals surface area contributed by atoms with Gasteiger partial charge in [0.2, 0.25) is 0 Å². The van der Waals surface area contributed by atoms with Crippen molar-refractivity contribution >= 4 is 16.9 Å². The summed E-state index contributed by atoms with van der Waals surface area (Å²) in [5.74, 6) is 1.24. The Balaban J connectivity index is 1.88. The summed E-state index contributed by atoms with van der Waals surface area (Å²) >= 11 is 0. The number of methoxy groups -OCH3 is 3. The maximum absolute atomic E-state index is 12.4. The molecule has 4 rings (SSSR count). The molecule has 6 nitrogen and oxygen atoms in total. The van der Waals surface area contributed by atoms with Crippen LogP contribution >= 0.6 is 0 Å². The number of hydrogen-bond acceptors (Lipinski definition) is 4. The quantitative estimate of drug-likeness (QED) is 0.691. The van der Waals surface area contributed by atoms with Gasteiger partial charge in [-0.25, -0.2) is 4.79 Å². The van der Waals surface area contributed by atoms with Crippen LogP contribution < -0.4 is 14.8 Å². The molecular weight excluding hydrogens is 344 g/mol. The predicted molar refractivity (Wildman–Crippen MR) is 101 cm³/mol. The van der Waals surface area contributed by atoms with E-state index in [1.165, 1.54) is 7.11 Å². The fraction of sp³-hybridized carbons (Fsp3) is 0.286.